The Morgan fingerprint density at radius 2 is 1.95 bits per heavy atom. The molecule has 3 nitrogen and oxygen atoms in total. The Hall–Kier alpha value is -1.43. The van der Waals surface area contributed by atoms with Gasteiger partial charge >= 0.3 is 0 Å². The van der Waals surface area contributed by atoms with E-state index in [2.05, 4.69) is 44.1 Å². The lowest BCUT2D eigenvalue weighted by Crippen LogP contribution is -2.02. The number of fused-ring (bicyclic) bond motifs is 1. The molecule has 0 saturated carbocycles. The van der Waals surface area contributed by atoms with Gasteiger partial charge in [-0.25, -0.2) is 9.97 Å². The van der Waals surface area contributed by atoms with E-state index in [0.29, 0.717) is 6.54 Å². The van der Waals surface area contributed by atoms with Gasteiger partial charge in [0.05, 0.1) is 5.52 Å². The van der Waals surface area contributed by atoms with Crippen molar-refractivity contribution in [2.75, 3.05) is 6.54 Å². The van der Waals surface area contributed by atoms with E-state index in [0.717, 1.165) is 31.7 Å². The number of aromatic nitrogens is 2. The second-order valence-corrected chi connectivity index (χ2v) is 6.49. The van der Waals surface area contributed by atoms with Crippen LogP contribution in [0.15, 0.2) is 63.2 Å². The summed E-state index contributed by atoms with van der Waals surface area (Å²) >= 11 is 5.27. The molecule has 3 rings (SSSR count). The van der Waals surface area contributed by atoms with E-state index in [-0.39, 0.29) is 0 Å². The Kier molecular flexibility index (Phi) is 4.53. The largest absolute Gasteiger partial charge is 0.330 e. The van der Waals surface area contributed by atoms with Crippen molar-refractivity contribution in [3.8, 4) is 0 Å². The molecule has 3 aromatic rings. The monoisotopic (exact) mass is 359 g/mol. The zero-order chi connectivity index (χ0) is 14.7. The minimum Gasteiger partial charge on any atom is -0.330 e. The minimum absolute atomic E-state index is 0.662. The summed E-state index contributed by atoms with van der Waals surface area (Å²) in [5, 5.41) is 2.04. The van der Waals surface area contributed by atoms with E-state index in [1.54, 1.807) is 18.1 Å². The summed E-state index contributed by atoms with van der Waals surface area (Å²) in [5.74, 6) is 0. The summed E-state index contributed by atoms with van der Waals surface area (Å²) in [6.45, 7) is 0.662. The smallest absolute Gasteiger partial charge is 0.117 e. The van der Waals surface area contributed by atoms with Crippen molar-refractivity contribution >= 4 is 38.6 Å². The van der Waals surface area contributed by atoms with Crippen molar-refractivity contribution < 1.29 is 0 Å². The van der Waals surface area contributed by atoms with Gasteiger partial charge < -0.3 is 5.73 Å². The van der Waals surface area contributed by atoms with Gasteiger partial charge in [-0.05, 0) is 52.7 Å². The highest BCUT2D eigenvalue weighted by molar-refractivity contribution is 9.10. The molecule has 0 aliphatic rings. The van der Waals surface area contributed by atoms with E-state index < -0.39 is 0 Å². The molecule has 0 amide bonds. The van der Waals surface area contributed by atoms with E-state index in [9.17, 15) is 0 Å². The highest BCUT2D eigenvalue weighted by Gasteiger charge is 2.08. The molecule has 0 aliphatic carbocycles. The highest BCUT2D eigenvalue weighted by Crippen LogP contribution is 2.35. The van der Waals surface area contributed by atoms with Gasteiger partial charge in [-0.1, -0.05) is 36.0 Å². The zero-order valence-electron chi connectivity index (χ0n) is 11.3. The van der Waals surface area contributed by atoms with E-state index in [1.807, 2.05) is 24.3 Å². The molecule has 0 fully saturated rings. The Morgan fingerprint density at radius 1 is 1.10 bits per heavy atom. The van der Waals surface area contributed by atoms with Crippen LogP contribution in [0.1, 0.15) is 5.56 Å². The molecule has 0 spiro atoms. The van der Waals surface area contributed by atoms with Gasteiger partial charge in [0.15, 0.2) is 0 Å². The van der Waals surface area contributed by atoms with Gasteiger partial charge in [-0.15, -0.1) is 0 Å². The lowest BCUT2D eigenvalue weighted by Gasteiger charge is -2.08. The predicted molar refractivity (Wildman–Crippen MR) is 90.6 cm³/mol. The van der Waals surface area contributed by atoms with Crippen molar-refractivity contribution in [3.63, 3.8) is 0 Å². The molecular formula is C16H14BrN3S. The fourth-order valence-corrected chi connectivity index (χ4v) is 3.67. The van der Waals surface area contributed by atoms with Gasteiger partial charge in [0, 0.05) is 14.8 Å². The molecule has 21 heavy (non-hydrogen) atoms. The number of hydrogen-bond donors (Lipinski definition) is 1. The summed E-state index contributed by atoms with van der Waals surface area (Å²) in [7, 11) is 0. The van der Waals surface area contributed by atoms with E-state index in [1.165, 1.54) is 5.56 Å². The second-order valence-electron chi connectivity index (χ2n) is 4.60. The van der Waals surface area contributed by atoms with Crippen LogP contribution in [0.3, 0.4) is 0 Å². The number of para-hydroxylation sites is 1. The SMILES string of the molecule is NCCc1ccc(Sc2ncnc3ccccc23)c(Br)c1. The maximum Gasteiger partial charge on any atom is 0.117 e. The number of nitrogens with two attached hydrogens (primary N) is 1. The molecule has 2 aromatic carbocycles. The summed E-state index contributed by atoms with van der Waals surface area (Å²) in [4.78, 5) is 9.85. The maximum atomic E-state index is 5.60. The van der Waals surface area contributed by atoms with Crippen LogP contribution >= 0.6 is 27.7 Å². The second kappa shape index (κ2) is 6.56. The summed E-state index contributed by atoms with van der Waals surface area (Å²) in [6.07, 6.45) is 2.50. The average Bonchev–Trinajstić information content (AvgIpc) is 2.51. The predicted octanol–water partition coefficient (Wildman–Crippen LogP) is 4.04. The van der Waals surface area contributed by atoms with Crippen LogP contribution in [0.4, 0.5) is 0 Å². The summed E-state index contributed by atoms with van der Waals surface area (Å²) in [6, 6.07) is 14.4. The van der Waals surface area contributed by atoms with Crippen molar-refractivity contribution in [2.45, 2.75) is 16.3 Å². The van der Waals surface area contributed by atoms with Crippen LogP contribution in [0.25, 0.3) is 10.9 Å². The third-order valence-corrected chi connectivity index (χ3v) is 5.16. The molecule has 0 saturated heterocycles. The lowest BCUT2D eigenvalue weighted by atomic mass is 10.2. The third-order valence-electron chi connectivity index (χ3n) is 3.14. The van der Waals surface area contributed by atoms with Crippen molar-refractivity contribution in [3.05, 3.63) is 58.8 Å². The van der Waals surface area contributed by atoms with Crippen molar-refractivity contribution in [1.82, 2.24) is 9.97 Å². The fourth-order valence-electron chi connectivity index (χ4n) is 2.11. The van der Waals surface area contributed by atoms with Crippen molar-refractivity contribution in [2.24, 2.45) is 5.73 Å². The van der Waals surface area contributed by atoms with Gasteiger partial charge in [0.25, 0.3) is 0 Å². The molecule has 106 valence electrons. The van der Waals surface area contributed by atoms with Gasteiger partial charge in [0.2, 0.25) is 0 Å². The van der Waals surface area contributed by atoms with Gasteiger partial charge in [-0.2, -0.15) is 0 Å². The van der Waals surface area contributed by atoms with Crippen molar-refractivity contribution in [1.29, 1.82) is 0 Å². The Bertz CT molecular complexity index is 771. The van der Waals surface area contributed by atoms with Crippen LogP contribution in [-0.2, 0) is 6.42 Å². The van der Waals surface area contributed by atoms with Gasteiger partial charge in [0.1, 0.15) is 11.4 Å². The first-order valence-electron chi connectivity index (χ1n) is 6.64. The quantitative estimate of drug-likeness (QED) is 0.714. The fraction of sp³-hybridized carbons (Fsp3) is 0.125. The normalized spacial score (nSPS) is 11.0. The summed E-state index contributed by atoms with van der Waals surface area (Å²) < 4.78 is 1.07. The first kappa shape index (κ1) is 14.5. The minimum atomic E-state index is 0.662. The van der Waals surface area contributed by atoms with Crippen LogP contribution in [-0.4, -0.2) is 16.5 Å². The first-order chi connectivity index (χ1) is 10.3. The Balaban J connectivity index is 1.95. The van der Waals surface area contributed by atoms with Crippen LogP contribution in [0.5, 0.6) is 0 Å². The molecule has 0 atom stereocenters. The molecule has 1 aromatic heterocycles. The molecular weight excluding hydrogens is 346 g/mol. The molecule has 2 N–H and O–H groups in total. The van der Waals surface area contributed by atoms with Gasteiger partial charge in [-0.3, -0.25) is 0 Å². The molecule has 0 radical (unpaired) electrons. The maximum absolute atomic E-state index is 5.60. The molecule has 5 heteroatoms. The number of hydrogen-bond acceptors (Lipinski definition) is 4. The number of rotatable bonds is 4. The molecule has 0 unspecified atom stereocenters. The van der Waals surface area contributed by atoms with Crippen LogP contribution in [0.2, 0.25) is 0 Å². The Labute approximate surface area is 136 Å². The number of halogens is 1. The van der Waals surface area contributed by atoms with Crippen LogP contribution < -0.4 is 5.73 Å². The first-order valence-corrected chi connectivity index (χ1v) is 8.25. The standard InChI is InChI=1S/C16H14BrN3S/c17-13-9-11(7-8-18)5-6-15(13)21-16-12-3-1-2-4-14(12)19-10-20-16/h1-6,9-10H,7-8,18H2. The molecule has 1 heterocycles. The highest BCUT2D eigenvalue weighted by atomic mass is 79.9. The van der Waals surface area contributed by atoms with E-state index >= 15 is 0 Å². The number of benzene rings is 2. The summed E-state index contributed by atoms with van der Waals surface area (Å²) in [5.41, 5.74) is 7.80. The molecule has 0 bridgehead atoms. The number of nitrogens with zero attached hydrogens (tertiary/aromatic N) is 2. The third kappa shape index (κ3) is 3.26. The van der Waals surface area contributed by atoms with Crippen LogP contribution in [0, 0.1) is 0 Å². The topological polar surface area (TPSA) is 51.8 Å². The zero-order valence-corrected chi connectivity index (χ0v) is 13.7. The molecule has 0 aliphatic heterocycles. The lowest BCUT2D eigenvalue weighted by molar-refractivity contribution is 0.964. The Morgan fingerprint density at radius 3 is 2.76 bits per heavy atom. The van der Waals surface area contributed by atoms with E-state index in [4.69, 9.17) is 5.73 Å². The average molecular weight is 360 g/mol.